The van der Waals surface area contributed by atoms with E-state index in [1.807, 2.05) is 6.20 Å². The molecule has 0 N–H and O–H groups in total. The third-order valence-electron chi connectivity index (χ3n) is 3.17. The number of carbonyl (C=O) groups excluding carboxylic acids is 1. The van der Waals surface area contributed by atoms with E-state index in [0.717, 1.165) is 19.3 Å². The molecular formula is C12H17NO2. The Labute approximate surface area is 90.4 Å². The van der Waals surface area contributed by atoms with E-state index < -0.39 is 0 Å². The minimum atomic E-state index is -0.202. The van der Waals surface area contributed by atoms with Crippen LogP contribution in [0.15, 0.2) is 22.9 Å². The van der Waals surface area contributed by atoms with Crippen LogP contribution in [0.3, 0.4) is 0 Å². The highest BCUT2D eigenvalue weighted by Crippen LogP contribution is 2.28. The second-order valence-electron chi connectivity index (χ2n) is 4.33. The lowest BCUT2D eigenvalue weighted by Gasteiger charge is -2.19. The SMILES string of the molecule is CC1=C(C)C/C(=C/N2CCOC2=O)CC1. The Morgan fingerprint density at radius 1 is 1.27 bits per heavy atom. The number of amides is 1. The Hall–Kier alpha value is -1.25. The molecule has 0 aromatic heterocycles. The quantitative estimate of drug-likeness (QED) is 0.619. The first-order chi connectivity index (χ1) is 7.16. The van der Waals surface area contributed by atoms with Crippen LogP contribution in [0.5, 0.6) is 0 Å². The zero-order valence-corrected chi connectivity index (χ0v) is 9.38. The van der Waals surface area contributed by atoms with Gasteiger partial charge in [-0.3, -0.25) is 4.90 Å². The molecular weight excluding hydrogens is 190 g/mol. The first kappa shape index (κ1) is 10.3. The molecule has 3 nitrogen and oxygen atoms in total. The summed E-state index contributed by atoms with van der Waals surface area (Å²) in [7, 11) is 0. The average molecular weight is 207 g/mol. The summed E-state index contributed by atoms with van der Waals surface area (Å²) in [4.78, 5) is 12.9. The maximum atomic E-state index is 11.2. The lowest BCUT2D eigenvalue weighted by atomic mass is 9.90. The van der Waals surface area contributed by atoms with Crippen molar-refractivity contribution in [3.05, 3.63) is 22.9 Å². The van der Waals surface area contributed by atoms with Crippen molar-refractivity contribution in [1.29, 1.82) is 0 Å². The van der Waals surface area contributed by atoms with Crippen molar-refractivity contribution < 1.29 is 9.53 Å². The van der Waals surface area contributed by atoms with Gasteiger partial charge in [0.2, 0.25) is 0 Å². The van der Waals surface area contributed by atoms with Crippen LogP contribution in [0.25, 0.3) is 0 Å². The van der Waals surface area contributed by atoms with Crippen molar-refractivity contribution >= 4 is 6.09 Å². The highest BCUT2D eigenvalue weighted by atomic mass is 16.6. The fourth-order valence-electron chi connectivity index (χ4n) is 1.99. The van der Waals surface area contributed by atoms with Gasteiger partial charge in [-0.2, -0.15) is 0 Å². The monoisotopic (exact) mass is 207 g/mol. The van der Waals surface area contributed by atoms with Crippen LogP contribution in [0.1, 0.15) is 33.1 Å². The molecule has 0 aromatic rings. The number of ether oxygens (including phenoxy) is 1. The first-order valence-corrected chi connectivity index (χ1v) is 5.45. The number of allylic oxidation sites excluding steroid dienone is 3. The molecule has 3 heteroatoms. The Kier molecular flexibility index (Phi) is 2.80. The summed E-state index contributed by atoms with van der Waals surface area (Å²) in [6.45, 7) is 5.58. The predicted octanol–water partition coefficient (Wildman–Crippen LogP) is 2.84. The van der Waals surface area contributed by atoms with Gasteiger partial charge >= 0.3 is 6.09 Å². The van der Waals surface area contributed by atoms with Crippen LogP contribution in [0, 0.1) is 0 Å². The standard InChI is InChI=1S/C12H17NO2/c1-9-3-4-11(7-10(9)2)8-13-5-6-15-12(13)14/h8H,3-7H2,1-2H3/b11-8+. The van der Waals surface area contributed by atoms with Gasteiger partial charge in [-0.25, -0.2) is 4.79 Å². The second kappa shape index (κ2) is 4.09. The summed E-state index contributed by atoms with van der Waals surface area (Å²) in [6, 6.07) is 0. The van der Waals surface area contributed by atoms with Gasteiger partial charge in [0.05, 0.1) is 6.54 Å². The molecule has 0 bridgehead atoms. The molecule has 1 fully saturated rings. The van der Waals surface area contributed by atoms with Gasteiger partial charge in [-0.05, 0) is 38.7 Å². The van der Waals surface area contributed by atoms with Crippen molar-refractivity contribution in [2.75, 3.05) is 13.2 Å². The summed E-state index contributed by atoms with van der Waals surface area (Å²) >= 11 is 0. The van der Waals surface area contributed by atoms with Gasteiger partial charge in [0.25, 0.3) is 0 Å². The number of carbonyl (C=O) groups is 1. The Morgan fingerprint density at radius 2 is 2.07 bits per heavy atom. The molecule has 0 unspecified atom stereocenters. The normalized spacial score (nSPS) is 25.1. The number of hydrogen-bond acceptors (Lipinski definition) is 2. The van der Waals surface area contributed by atoms with Gasteiger partial charge in [-0.1, -0.05) is 11.1 Å². The average Bonchev–Trinajstić information content (AvgIpc) is 2.59. The van der Waals surface area contributed by atoms with E-state index in [9.17, 15) is 4.79 Å². The molecule has 1 amide bonds. The summed E-state index contributed by atoms with van der Waals surface area (Å²) in [5.41, 5.74) is 4.29. The van der Waals surface area contributed by atoms with Crippen LogP contribution in [-0.4, -0.2) is 24.1 Å². The largest absolute Gasteiger partial charge is 0.447 e. The van der Waals surface area contributed by atoms with E-state index in [1.165, 1.54) is 16.7 Å². The Morgan fingerprint density at radius 3 is 2.67 bits per heavy atom. The van der Waals surface area contributed by atoms with E-state index in [1.54, 1.807) is 4.90 Å². The van der Waals surface area contributed by atoms with Crippen molar-refractivity contribution in [2.45, 2.75) is 33.1 Å². The van der Waals surface area contributed by atoms with E-state index in [-0.39, 0.29) is 6.09 Å². The predicted molar refractivity (Wildman–Crippen MR) is 58.4 cm³/mol. The fourth-order valence-corrected chi connectivity index (χ4v) is 1.99. The summed E-state index contributed by atoms with van der Waals surface area (Å²) < 4.78 is 4.89. The number of rotatable bonds is 1. The maximum Gasteiger partial charge on any atom is 0.413 e. The molecule has 15 heavy (non-hydrogen) atoms. The van der Waals surface area contributed by atoms with E-state index in [0.29, 0.717) is 13.2 Å². The van der Waals surface area contributed by atoms with Gasteiger partial charge in [0.15, 0.2) is 0 Å². The smallest absolute Gasteiger partial charge is 0.413 e. The van der Waals surface area contributed by atoms with Gasteiger partial charge in [-0.15, -0.1) is 0 Å². The van der Waals surface area contributed by atoms with E-state index >= 15 is 0 Å². The maximum absolute atomic E-state index is 11.2. The van der Waals surface area contributed by atoms with Crippen molar-refractivity contribution in [2.24, 2.45) is 0 Å². The number of hydrogen-bond donors (Lipinski definition) is 0. The molecule has 0 aromatic carbocycles. The molecule has 0 spiro atoms. The molecule has 0 saturated carbocycles. The van der Waals surface area contributed by atoms with E-state index in [4.69, 9.17) is 4.74 Å². The Balaban J connectivity index is 2.06. The molecule has 1 aliphatic carbocycles. The zero-order chi connectivity index (χ0) is 10.8. The number of nitrogens with zero attached hydrogens (tertiary/aromatic N) is 1. The molecule has 0 atom stereocenters. The van der Waals surface area contributed by atoms with Crippen LogP contribution in [0.2, 0.25) is 0 Å². The second-order valence-corrected chi connectivity index (χ2v) is 4.33. The minimum absolute atomic E-state index is 0.202. The third-order valence-corrected chi connectivity index (χ3v) is 3.17. The summed E-state index contributed by atoms with van der Waals surface area (Å²) in [5.74, 6) is 0. The van der Waals surface area contributed by atoms with E-state index in [2.05, 4.69) is 13.8 Å². The summed E-state index contributed by atoms with van der Waals surface area (Å²) in [5, 5.41) is 0. The first-order valence-electron chi connectivity index (χ1n) is 5.45. The molecule has 0 radical (unpaired) electrons. The lowest BCUT2D eigenvalue weighted by Crippen LogP contribution is -2.18. The molecule has 1 aliphatic heterocycles. The Bertz CT molecular complexity index is 342. The van der Waals surface area contributed by atoms with Gasteiger partial charge in [0, 0.05) is 6.20 Å². The molecule has 2 aliphatic rings. The van der Waals surface area contributed by atoms with Crippen LogP contribution < -0.4 is 0 Å². The van der Waals surface area contributed by atoms with Crippen LogP contribution >= 0.6 is 0 Å². The lowest BCUT2D eigenvalue weighted by molar-refractivity contribution is 0.166. The molecule has 2 rings (SSSR count). The zero-order valence-electron chi connectivity index (χ0n) is 9.38. The topological polar surface area (TPSA) is 29.5 Å². The minimum Gasteiger partial charge on any atom is -0.447 e. The van der Waals surface area contributed by atoms with Crippen LogP contribution in [-0.2, 0) is 4.74 Å². The molecule has 1 saturated heterocycles. The van der Waals surface area contributed by atoms with Crippen molar-refractivity contribution in [3.8, 4) is 0 Å². The van der Waals surface area contributed by atoms with Crippen molar-refractivity contribution in [1.82, 2.24) is 4.90 Å². The van der Waals surface area contributed by atoms with Crippen LogP contribution in [0.4, 0.5) is 4.79 Å². The van der Waals surface area contributed by atoms with Gasteiger partial charge in [0.1, 0.15) is 6.61 Å². The van der Waals surface area contributed by atoms with Gasteiger partial charge < -0.3 is 4.74 Å². The number of cyclic esters (lactones) is 1. The third kappa shape index (κ3) is 2.22. The highest BCUT2D eigenvalue weighted by molar-refractivity contribution is 5.70. The highest BCUT2D eigenvalue weighted by Gasteiger charge is 2.21. The van der Waals surface area contributed by atoms with Crippen molar-refractivity contribution in [3.63, 3.8) is 0 Å². The molecule has 1 heterocycles. The molecule has 82 valence electrons. The fraction of sp³-hybridized carbons (Fsp3) is 0.583. The summed E-state index contributed by atoms with van der Waals surface area (Å²) in [6.07, 6.45) is 4.99.